The minimum absolute atomic E-state index is 0.178. The molecule has 1 N–H and O–H groups in total. The Labute approximate surface area is 124 Å². The van der Waals surface area contributed by atoms with E-state index in [0.29, 0.717) is 11.6 Å². The van der Waals surface area contributed by atoms with E-state index >= 15 is 0 Å². The molecule has 1 aromatic rings. The van der Waals surface area contributed by atoms with Gasteiger partial charge in [-0.25, -0.2) is 4.98 Å². The van der Waals surface area contributed by atoms with Crippen molar-refractivity contribution in [1.29, 1.82) is 0 Å². The van der Waals surface area contributed by atoms with Crippen LogP contribution in [-0.2, 0) is 0 Å². The molecule has 4 nitrogen and oxygen atoms in total. The average molecular weight is 304 g/mol. The molecule has 0 saturated carbocycles. The van der Waals surface area contributed by atoms with E-state index in [2.05, 4.69) is 29.0 Å². The number of hydrogen-bond donors (Lipinski definition) is 1. The fraction of sp³-hybridized carbons (Fsp3) is 0.538. The lowest BCUT2D eigenvalue weighted by molar-refractivity contribution is 0.0947. The second-order valence-corrected chi connectivity index (χ2v) is 4.90. The summed E-state index contributed by atoms with van der Waals surface area (Å²) in [5, 5.41) is 3.37. The molecule has 0 aromatic carbocycles. The third-order valence-electron chi connectivity index (χ3n) is 2.86. The molecule has 0 spiro atoms. The van der Waals surface area contributed by atoms with Gasteiger partial charge < -0.3 is 10.2 Å². The highest BCUT2D eigenvalue weighted by Crippen LogP contribution is 2.16. The molecule has 106 valence electrons. The zero-order valence-corrected chi connectivity index (χ0v) is 12.8. The van der Waals surface area contributed by atoms with Gasteiger partial charge in [0.05, 0.1) is 5.02 Å². The minimum Gasteiger partial charge on any atom is -0.351 e. The van der Waals surface area contributed by atoms with E-state index in [1.807, 2.05) is 0 Å². The summed E-state index contributed by atoms with van der Waals surface area (Å²) in [6.07, 6.45) is 0.894. The molecular weight excluding hydrogens is 285 g/mol. The lowest BCUT2D eigenvalue weighted by Crippen LogP contribution is -2.30. The van der Waals surface area contributed by atoms with Crippen LogP contribution in [0.5, 0.6) is 0 Å². The Morgan fingerprint density at radius 1 is 1.32 bits per heavy atom. The van der Waals surface area contributed by atoms with E-state index in [1.54, 1.807) is 12.1 Å². The first-order valence-corrected chi connectivity index (χ1v) is 7.16. The van der Waals surface area contributed by atoms with Gasteiger partial charge in [-0.15, -0.1) is 0 Å². The van der Waals surface area contributed by atoms with Gasteiger partial charge in [-0.2, -0.15) is 0 Å². The second kappa shape index (κ2) is 8.35. The van der Waals surface area contributed by atoms with Gasteiger partial charge >= 0.3 is 0 Å². The molecule has 0 radical (unpaired) electrons. The molecular formula is C13H19Cl2N3O. The topological polar surface area (TPSA) is 45.2 Å². The van der Waals surface area contributed by atoms with Crippen LogP contribution in [0.4, 0.5) is 0 Å². The number of nitrogens with zero attached hydrogens (tertiary/aromatic N) is 2. The van der Waals surface area contributed by atoms with Gasteiger partial charge in [0.15, 0.2) is 0 Å². The van der Waals surface area contributed by atoms with Crippen LogP contribution < -0.4 is 5.32 Å². The second-order valence-electron chi connectivity index (χ2n) is 4.10. The fourth-order valence-electron chi connectivity index (χ4n) is 1.71. The van der Waals surface area contributed by atoms with Crippen molar-refractivity contribution < 1.29 is 4.79 Å². The third kappa shape index (κ3) is 5.35. The first-order valence-electron chi connectivity index (χ1n) is 6.41. The number of carbonyl (C=O) groups is 1. The lowest BCUT2D eigenvalue weighted by atomic mass is 10.3. The summed E-state index contributed by atoms with van der Waals surface area (Å²) >= 11 is 11.7. The Bertz CT molecular complexity index is 422. The number of hydrogen-bond acceptors (Lipinski definition) is 3. The number of carbonyl (C=O) groups excluding carboxylic acids is 1. The van der Waals surface area contributed by atoms with Crippen molar-refractivity contribution in [3.8, 4) is 0 Å². The van der Waals surface area contributed by atoms with E-state index < -0.39 is 0 Å². The zero-order chi connectivity index (χ0) is 14.3. The highest BCUT2D eigenvalue weighted by Gasteiger charge is 2.12. The van der Waals surface area contributed by atoms with Crippen LogP contribution in [0.3, 0.4) is 0 Å². The largest absolute Gasteiger partial charge is 0.351 e. The Morgan fingerprint density at radius 2 is 2.00 bits per heavy atom. The van der Waals surface area contributed by atoms with Gasteiger partial charge in [0.2, 0.25) is 0 Å². The molecule has 1 amide bonds. The van der Waals surface area contributed by atoms with Crippen LogP contribution in [0.2, 0.25) is 10.2 Å². The minimum atomic E-state index is -0.285. The van der Waals surface area contributed by atoms with Crippen LogP contribution >= 0.6 is 23.2 Å². The van der Waals surface area contributed by atoms with Crippen molar-refractivity contribution in [2.45, 2.75) is 20.3 Å². The van der Waals surface area contributed by atoms with E-state index in [0.717, 1.165) is 26.1 Å². The molecule has 1 aromatic heterocycles. The number of rotatable bonds is 7. The summed E-state index contributed by atoms with van der Waals surface area (Å²) in [6, 6.07) is 3.13. The highest BCUT2D eigenvalue weighted by molar-refractivity contribution is 6.34. The smallest absolute Gasteiger partial charge is 0.271 e. The predicted molar refractivity (Wildman–Crippen MR) is 79.0 cm³/mol. The van der Waals surface area contributed by atoms with E-state index in [9.17, 15) is 4.79 Å². The summed E-state index contributed by atoms with van der Waals surface area (Å²) in [6.45, 7) is 7.84. The maximum absolute atomic E-state index is 11.9. The Hall–Kier alpha value is -0.840. The summed E-state index contributed by atoms with van der Waals surface area (Å²) in [4.78, 5) is 18.1. The van der Waals surface area contributed by atoms with Gasteiger partial charge in [-0.1, -0.05) is 37.0 Å². The summed E-state index contributed by atoms with van der Waals surface area (Å²) < 4.78 is 0. The normalized spacial score (nSPS) is 10.8. The first-order chi connectivity index (χ1) is 9.08. The summed E-state index contributed by atoms with van der Waals surface area (Å²) in [7, 11) is 0. The van der Waals surface area contributed by atoms with Gasteiger partial charge in [0.25, 0.3) is 5.91 Å². The lowest BCUT2D eigenvalue weighted by Gasteiger charge is -2.17. The Kier molecular flexibility index (Phi) is 7.13. The quantitative estimate of drug-likeness (QED) is 0.622. The predicted octanol–water partition coefficient (Wildman–Crippen LogP) is 2.85. The number of nitrogens with one attached hydrogen (secondary N) is 1. The zero-order valence-electron chi connectivity index (χ0n) is 11.2. The van der Waals surface area contributed by atoms with Gasteiger partial charge in [-0.05, 0) is 38.2 Å². The molecule has 0 saturated heterocycles. The highest BCUT2D eigenvalue weighted by atomic mass is 35.5. The molecule has 0 atom stereocenters. The number of aromatic nitrogens is 1. The monoisotopic (exact) mass is 303 g/mol. The molecule has 1 heterocycles. The van der Waals surface area contributed by atoms with Crippen LogP contribution in [0.15, 0.2) is 12.1 Å². The molecule has 6 heteroatoms. The van der Waals surface area contributed by atoms with Crippen molar-refractivity contribution in [2.24, 2.45) is 0 Å². The molecule has 0 bridgehead atoms. The number of halogens is 2. The molecule has 0 aliphatic carbocycles. The average Bonchev–Trinajstić information content (AvgIpc) is 2.41. The van der Waals surface area contributed by atoms with Crippen LogP contribution in [0.1, 0.15) is 30.8 Å². The van der Waals surface area contributed by atoms with E-state index in [1.165, 1.54) is 0 Å². The molecule has 1 rings (SSSR count). The SMILES string of the molecule is CCN(CC)CCCNC(=O)c1nc(Cl)ccc1Cl. The third-order valence-corrected chi connectivity index (χ3v) is 3.37. The van der Waals surface area contributed by atoms with Gasteiger partial charge in [0, 0.05) is 6.54 Å². The van der Waals surface area contributed by atoms with Crippen molar-refractivity contribution >= 4 is 29.1 Å². The number of amides is 1. The van der Waals surface area contributed by atoms with Crippen molar-refractivity contribution in [2.75, 3.05) is 26.2 Å². The Balaban J connectivity index is 2.41. The molecule has 0 aliphatic rings. The molecule has 0 fully saturated rings. The van der Waals surface area contributed by atoms with Crippen LogP contribution in [0.25, 0.3) is 0 Å². The van der Waals surface area contributed by atoms with Gasteiger partial charge in [0.1, 0.15) is 10.8 Å². The van der Waals surface area contributed by atoms with Crippen molar-refractivity contribution in [3.63, 3.8) is 0 Å². The maximum atomic E-state index is 11.9. The number of pyridine rings is 1. The van der Waals surface area contributed by atoms with Crippen molar-refractivity contribution in [1.82, 2.24) is 15.2 Å². The molecule has 0 aliphatic heterocycles. The standard InChI is InChI=1S/C13H19Cl2N3O/c1-3-18(4-2)9-5-8-16-13(19)12-10(14)6-7-11(15)17-12/h6-7H,3-5,8-9H2,1-2H3,(H,16,19). The first kappa shape index (κ1) is 16.2. The molecule has 0 unspecified atom stereocenters. The van der Waals surface area contributed by atoms with Crippen LogP contribution in [0, 0.1) is 0 Å². The van der Waals surface area contributed by atoms with Crippen LogP contribution in [-0.4, -0.2) is 42.0 Å². The molecule has 19 heavy (non-hydrogen) atoms. The van der Waals surface area contributed by atoms with Crippen molar-refractivity contribution in [3.05, 3.63) is 28.0 Å². The summed E-state index contributed by atoms with van der Waals surface area (Å²) in [5.41, 5.74) is 0.178. The summed E-state index contributed by atoms with van der Waals surface area (Å²) in [5.74, 6) is -0.285. The maximum Gasteiger partial charge on any atom is 0.271 e. The van der Waals surface area contributed by atoms with Gasteiger partial charge in [-0.3, -0.25) is 4.79 Å². The fourth-order valence-corrected chi connectivity index (χ4v) is 2.04. The van der Waals surface area contributed by atoms with E-state index in [4.69, 9.17) is 23.2 Å². The Morgan fingerprint density at radius 3 is 2.63 bits per heavy atom. The van der Waals surface area contributed by atoms with E-state index in [-0.39, 0.29) is 16.8 Å².